The molecule has 1 saturated heterocycles. The van der Waals surface area contributed by atoms with Gasteiger partial charge in [-0.1, -0.05) is 18.2 Å². The monoisotopic (exact) mass is 521 g/mol. The fraction of sp³-hybridized carbons (Fsp3) is 0.281. The van der Waals surface area contributed by atoms with Crippen LogP contribution in [0.4, 0.5) is 5.69 Å². The minimum Gasteiger partial charge on any atom is -0.478 e. The molecule has 7 rings (SSSR count). The van der Waals surface area contributed by atoms with Crippen LogP contribution >= 0.6 is 0 Å². The van der Waals surface area contributed by atoms with Gasteiger partial charge >= 0.3 is 11.6 Å². The number of carboxylic acid groups (broad SMARTS) is 1. The Kier molecular flexibility index (Phi) is 5.54. The summed E-state index contributed by atoms with van der Waals surface area (Å²) in [5.74, 6) is -1.05. The molecule has 2 aliphatic rings. The van der Waals surface area contributed by atoms with Crippen molar-refractivity contribution in [1.82, 2.24) is 4.58 Å². The van der Waals surface area contributed by atoms with Crippen molar-refractivity contribution in [3.05, 3.63) is 81.5 Å². The maximum atomic E-state index is 13.7. The quantitative estimate of drug-likeness (QED) is 0.145. The molecule has 0 amide bonds. The molecule has 2 aliphatic heterocycles. The zero-order chi connectivity index (χ0) is 26.7. The summed E-state index contributed by atoms with van der Waals surface area (Å²) in [6, 6.07) is 16.8. The molecule has 39 heavy (non-hydrogen) atoms. The first-order valence-corrected chi connectivity index (χ1v) is 13.6. The maximum Gasteiger partial charge on any atom is 0.348 e. The number of benzene rings is 3. The van der Waals surface area contributed by atoms with Gasteiger partial charge in [0.2, 0.25) is 5.36 Å². The second-order valence-electron chi connectivity index (χ2n) is 10.7. The third-order valence-electron chi connectivity index (χ3n) is 8.25. The predicted octanol–water partition coefficient (Wildman–Crippen LogP) is 5.40. The number of anilines is 1. The minimum absolute atomic E-state index is 0.126. The molecule has 0 aliphatic carbocycles. The lowest BCUT2D eigenvalue weighted by atomic mass is 9.91. The molecule has 0 unspecified atom stereocenters. The predicted molar refractivity (Wildman–Crippen MR) is 153 cm³/mol. The summed E-state index contributed by atoms with van der Waals surface area (Å²) in [5, 5.41) is 12.7. The molecule has 3 aromatic carbocycles. The maximum absolute atomic E-state index is 13.7. The van der Waals surface area contributed by atoms with E-state index in [1.165, 1.54) is 6.42 Å². The first-order chi connectivity index (χ1) is 19.0. The molecule has 0 radical (unpaired) electrons. The standard InChI is InChI=1S/C32H28N2O5/c1-33-13-7-8-19-16-24-27(18-25(19)33)38-30-23-12-11-20(34-14-5-2-6-15-34)17-26(23)39-32(37)29(30)28(24)21-9-3-4-10-22(21)31(35)36/h3-4,9-12,16-18H,2,5-8,13-15H2,1H3/p+1. The molecule has 1 N–H and O–H groups in total. The highest BCUT2D eigenvalue weighted by Gasteiger charge is 2.25. The Bertz CT molecular complexity index is 1940. The van der Waals surface area contributed by atoms with E-state index in [4.69, 9.17) is 8.83 Å². The number of piperidine rings is 1. The lowest BCUT2D eigenvalue weighted by Crippen LogP contribution is -2.34. The molecule has 196 valence electrons. The second-order valence-corrected chi connectivity index (χ2v) is 10.7. The van der Waals surface area contributed by atoms with Gasteiger partial charge in [-0.15, -0.1) is 0 Å². The normalized spacial score (nSPS) is 15.7. The summed E-state index contributed by atoms with van der Waals surface area (Å²) >= 11 is 0. The van der Waals surface area contributed by atoms with Crippen LogP contribution in [0.3, 0.4) is 0 Å². The van der Waals surface area contributed by atoms with Crippen molar-refractivity contribution in [2.75, 3.05) is 31.6 Å². The Balaban J connectivity index is 1.63. The number of aromatic carboxylic acids is 1. The minimum atomic E-state index is -1.05. The number of hydrogen-bond donors (Lipinski definition) is 1. The lowest BCUT2D eigenvalue weighted by molar-refractivity contribution is 0.0697. The molecule has 0 bridgehead atoms. The van der Waals surface area contributed by atoms with E-state index in [1.54, 1.807) is 24.3 Å². The van der Waals surface area contributed by atoms with Gasteiger partial charge in [0.25, 0.3) is 0 Å². The molecule has 0 atom stereocenters. The molecule has 0 saturated carbocycles. The van der Waals surface area contributed by atoms with Gasteiger partial charge in [0.15, 0.2) is 5.58 Å². The summed E-state index contributed by atoms with van der Waals surface area (Å²) in [5.41, 5.74) is 4.32. The SMILES string of the molecule is CN1CCCc2cc3c(-c4ccccc4C(=O)O)c4c(=O)oc5cc(=[N+]6CCCCC6)ccc5c4oc3cc21. The van der Waals surface area contributed by atoms with Gasteiger partial charge in [-0.2, -0.15) is 0 Å². The Morgan fingerprint density at radius 2 is 1.72 bits per heavy atom. The summed E-state index contributed by atoms with van der Waals surface area (Å²) in [4.78, 5) is 28.2. The number of fused-ring (bicyclic) bond motifs is 5. The van der Waals surface area contributed by atoms with Crippen LogP contribution in [0.5, 0.6) is 0 Å². The fourth-order valence-corrected chi connectivity index (χ4v) is 6.32. The van der Waals surface area contributed by atoms with E-state index in [9.17, 15) is 14.7 Å². The number of rotatable bonds is 2. The molecule has 2 aromatic heterocycles. The van der Waals surface area contributed by atoms with Crippen molar-refractivity contribution in [2.24, 2.45) is 0 Å². The molecule has 7 nitrogen and oxygen atoms in total. The van der Waals surface area contributed by atoms with E-state index in [1.807, 2.05) is 18.2 Å². The first-order valence-electron chi connectivity index (χ1n) is 13.6. The zero-order valence-electron chi connectivity index (χ0n) is 21.8. The van der Waals surface area contributed by atoms with Crippen LogP contribution in [0.1, 0.15) is 41.6 Å². The van der Waals surface area contributed by atoms with Crippen molar-refractivity contribution >= 4 is 44.6 Å². The van der Waals surface area contributed by atoms with Crippen molar-refractivity contribution in [3.8, 4) is 11.1 Å². The average molecular weight is 522 g/mol. The highest BCUT2D eigenvalue weighted by molar-refractivity contribution is 6.16. The molecule has 7 heteroatoms. The summed E-state index contributed by atoms with van der Waals surface area (Å²) in [7, 11) is 2.07. The van der Waals surface area contributed by atoms with Crippen LogP contribution in [-0.2, 0) is 6.42 Å². The van der Waals surface area contributed by atoms with Gasteiger partial charge in [-0.05, 0) is 48.6 Å². The van der Waals surface area contributed by atoms with Crippen LogP contribution in [0.15, 0.2) is 68.2 Å². The Morgan fingerprint density at radius 1 is 0.923 bits per heavy atom. The third kappa shape index (κ3) is 3.83. The van der Waals surface area contributed by atoms with Crippen molar-refractivity contribution in [3.63, 3.8) is 0 Å². The van der Waals surface area contributed by atoms with Gasteiger partial charge in [-0.3, -0.25) is 0 Å². The summed E-state index contributed by atoms with van der Waals surface area (Å²) in [6.45, 7) is 2.91. The average Bonchev–Trinajstić information content (AvgIpc) is 2.96. The van der Waals surface area contributed by atoms with Gasteiger partial charge in [0, 0.05) is 55.2 Å². The number of carboxylic acids is 1. The van der Waals surface area contributed by atoms with E-state index in [-0.39, 0.29) is 10.9 Å². The van der Waals surface area contributed by atoms with Gasteiger partial charge < -0.3 is 18.8 Å². The summed E-state index contributed by atoms with van der Waals surface area (Å²) < 4.78 is 14.8. The van der Waals surface area contributed by atoms with E-state index >= 15 is 0 Å². The topological polar surface area (TPSA) is 86.9 Å². The van der Waals surface area contributed by atoms with Gasteiger partial charge in [-0.25, -0.2) is 14.2 Å². The third-order valence-corrected chi connectivity index (χ3v) is 8.25. The van der Waals surface area contributed by atoms with Crippen LogP contribution in [0.25, 0.3) is 44.0 Å². The van der Waals surface area contributed by atoms with E-state index < -0.39 is 11.6 Å². The number of aryl methyl sites for hydroxylation is 1. The summed E-state index contributed by atoms with van der Waals surface area (Å²) in [6.07, 6.45) is 5.44. The number of hydrogen-bond acceptors (Lipinski definition) is 5. The number of nitrogens with zero attached hydrogens (tertiary/aromatic N) is 2. The molecular weight excluding hydrogens is 492 g/mol. The van der Waals surface area contributed by atoms with Crippen LogP contribution < -0.4 is 20.5 Å². The van der Waals surface area contributed by atoms with E-state index in [0.29, 0.717) is 38.6 Å². The van der Waals surface area contributed by atoms with Gasteiger partial charge in [0.1, 0.15) is 29.6 Å². The van der Waals surface area contributed by atoms with Crippen LogP contribution in [0.2, 0.25) is 0 Å². The molecule has 1 fully saturated rings. The van der Waals surface area contributed by atoms with E-state index in [2.05, 4.69) is 28.7 Å². The lowest BCUT2D eigenvalue weighted by Gasteiger charge is -2.28. The van der Waals surface area contributed by atoms with Crippen LogP contribution in [0, 0.1) is 0 Å². The highest BCUT2D eigenvalue weighted by Crippen LogP contribution is 2.41. The first kappa shape index (κ1) is 23.7. The second kappa shape index (κ2) is 9.12. The molecular formula is C32H29N2O5+. The Labute approximate surface area is 224 Å². The smallest absolute Gasteiger partial charge is 0.348 e. The molecule has 5 aromatic rings. The molecule has 0 spiro atoms. The fourth-order valence-electron chi connectivity index (χ4n) is 6.32. The van der Waals surface area contributed by atoms with Crippen molar-refractivity contribution in [1.29, 1.82) is 0 Å². The Hall–Kier alpha value is -4.39. The molecule has 4 heterocycles. The van der Waals surface area contributed by atoms with E-state index in [0.717, 1.165) is 61.9 Å². The van der Waals surface area contributed by atoms with Gasteiger partial charge in [0.05, 0.1) is 17.0 Å². The highest BCUT2D eigenvalue weighted by atomic mass is 16.4. The largest absolute Gasteiger partial charge is 0.478 e. The number of carbonyl (C=O) groups is 1. The zero-order valence-corrected chi connectivity index (χ0v) is 21.8. The Morgan fingerprint density at radius 3 is 2.54 bits per heavy atom. The van der Waals surface area contributed by atoms with Crippen LogP contribution in [-0.4, -0.2) is 37.8 Å². The van der Waals surface area contributed by atoms with Crippen molar-refractivity contribution in [2.45, 2.75) is 32.1 Å². The van der Waals surface area contributed by atoms with Crippen molar-refractivity contribution < 1.29 is 18.7 Å².